The summed E-state index contributed by atoms with van der Waals surface area (Å²) in [5, 5.41) is 11.7. The van der Waals surface area contributed by atoms with Gasteiger partial charge >= 0.3 is 12.1 Å². The number of carbonyl (C=O) groups excluding carboxylic acids is 2. The Labute approximate surface area is 201 Å². The highest BCUT2D eigenvalue weighted by molar-refractivity contribution is 5.87. The Balaban J connectivity index is 1.27. The molecule has 2 atom stereocenters. The molecule has 0 aromatic heterocycles. The molecule has 0 radical (unpaired) electrons. The summed E-state index contributed by atoms with van der Waals surface area (Å²) in [6, 6.07) is 14.8. The van der Waals surface area contributed by atoms with Crippen LogP contribution in [0.25, 0.3) is 11.1 Å². The van der Waals surface area contributed by atoms with Gasteiger partial charge in [-0.3, -0.25) is 9.59 Å². The van der Waals surface area contributed by atoms with Gasteiger partial charge in [0.1, 0.15) is 18.6 Å². The van der Waals surface area contributed by atoms with Gasteiger partial charge in [0, 0.05) is 12.5 Å². The topological polar surface area (TPSA) is 95.9 Å². The number of aliphatic carboxylic acids is 1. The summed E-state index contributed by atoms with van der Waals surface area (Å²) in [4.78, 5) is 37.9. The van der Waals surface area contributed by atoms with Crippen LogP contribution in [0.1, 0.15) is 36.3 Å². The van der Waals surface area contributed by atoms with Crippen molar-refractivity contribution in [3.05, 3.63) is 59.7 Å². The van der Waals surface area contributed by atoms with Crippen molar-refractivity contribution in [2.75, 3.05) is 19.7 Å². The van der Waals surface area contributed by atoms with E-state index in [9.17, 15) is 23.2 Å². The molecule has 2 aliphatic carbocycles. The minimum atomic E-state index is -3.52. The minimum absolute atomic E-state index is 0.0638. The lowest BCUT2D eigenvalue weighted by Crippen LogP contribution is -2.53. The van der Waals surface area contributed by atoms with Gasteiger partial charge in [0.25, 0.3) is 5.92 Å². The van der Waals surface area contributed by atoms with E-state index in [1.165, 1.54) is 0 Å². The Kier molecular flexibility index (Phi) is 5.94. The fourth-order valence-electron chi connectivity index (χ4n) is 5.33. The number of hydrogen-bond acceptors (Lipinski definition) is 4. The third-order valence-electron chi connectivity index (χ3n) is 7.43. The van der Waals surface area contributed by atoms with E-state index < -0.39 is 48.9 Å². The number of carboxylic acid groups (broad SMARTS) is 1. The van der Waals surface area contributed by atoms with Gasteiger partial charge in [-0.2, -0.15) is 0 Å². The van der Waals surface area contributed by atoms with Crippen LogP contribution in [-0.2, 0) is 14.3 Å². The van der Waals surface area contributed by atoms with Crippen molar-refractivity contribution >= 4 is 18.0 Å². The van der Waals surface area contributed by atoms with E-state index in [-0.39, 0.29) is 18.4 Å². The zero-order valence-corrected chi connectivity index (χ0v) is 19.0. The second kappa shape index (κ2) is 8.94. The maximum Gasteiger partial charge on any atom is 0.407 e. The number of ether oxygens (including phenoxy) is 1. The number of carbonyl (C=O) groups is 3. The largest absolute Gasteiger partial charge is 0.481 e. The SMILES string of the molecule is O=C(NC(C(=O)N1CC(C(=O)O)C(F)(F)C1)C1CCC1)OCC1c2ccccc2-c2ccccc21. The number of amides is 2. The molecule has 0 bridgehead atoms. The van der Waals surface area contributed by atoms with E-state index in [0.29, 0.717) is 12.8 Å². The normalized spacial score (nSPS) is 21.5. The maximum absolute atomic E-state index is 14.1. The van der Waals surface area contributed by atoms with Crippen LogP contribution in [0.15, 0.2) is 48.5 Å². The van der Waals surface area contributed by atoms with Crippen molar-refractivity contribution in [3.63, 3.8) is 0 Å². The summed E-state index contributed by atoms with van der Waals surface area (Å²) in [5.74, 6) is -8.15. The Morgan fingerprint density at radius 1 is 1.06 bits per heavy atom. The number of alkyl halides is 2. The molecule has 1 aliphatic heterocycles. The van der Waals surface area contributed by atoms with Gasteiger partial charge in [0.05, 0.1) is 6.54 Å². The van der Waals surface area contributed by atoms with Crippen LogP contribution in [0.2, 0.25) is 0 Å². The Bertz CT molecular complexity index is 1120. The van der Waals surface area contributed by atoms with E-state index >= 15 is 0 Å². The molecule has 9 heteroatoms. The first kappa shape index (κ1) is 23.3. The van der Waals surface area contributed by atoms with Gasteiger partial charge in [0.2, 0.25) is 5.91 Å². The summed E-state index contributed by atoms with van der Waals surface area (Å²) in [7, 11) is 0. The Morgan fingerprint density at radius 3 is 2.17 bits per heavy atom. The average Bonchev–Trinajstić information content (AvgIpc) is 3.29. The molecule has 5 rings (SSSR count). The lowest BCUT2D eigenvalue weighted by Gasteiger charge is -2.35. The lowest BCUT2D eigenvalue weighted by atomic mass is 9.79. The average molecular weight is 484 g/mol. The van der Waals surface area contributed by atoms with Crippen molar-refractivity contribution in [3.8, 4) is 11.1 Å². The van der Waals surface area contributed by atoms with Gasteiger partial charge in [0.15, 0.2) is 0 Å². The summed E-state index contributed by atoms with van der Waals surface area (Å²) in [6.07, 6.45) is 1.42. The zero-order valence-electron chi connectivity index (χ0n) is 19.0. The predicted octanol–water partition coefficient (Wildman–Crippen LogP) is 3.87. The van der Waals surface area contributed by atoms with Crippen LogP contribution in [0.3, 0.4) is 0 Å². The maximum atomic E-state index is 14.1. The molecule has 184 valence electrons. The number of fused-ring (bicyclic) bond motifs is 3. The number of nitrogens with one attached hydrogen (secondary N) is 1. The number of benzene rings is 2. The number of rotatable bonds is 6. The number of carboxylic acids is 1. The molecule has 35 heavy (non-hydrogen) atoms. The van der Waals surface area contributed by atoms with E-state index in [1.54, 1.807) is 0 Å². The molecule has 2 unspecified atom stereocenters. The fraction of sp³-hybridized carbons (Fsp3) is 0.423. The first-order valence-electron chi connectivity index (χ1n) is 11.8. The van der Waals surface area contributed by atoms with Crippen LogP contribution < -0.4 is 5.32 Å². The minimum Gasteiger partial charge on any atom is -0.481 e. The summed E-state index contributed by atoms with van der Waals surface area (Å²) in [5.41, 5.74) is 4.27. The molecular weight excluding hydrogens is 458 g/mol. The van der Waals surface area contributed by atoms with Gasteiger partial charge < -0.3 is 20.1 Å². The van der Waals surface area contributed by atoms with Crippen LogP contribution in [0.4, 0.5) is 13.6 Å². The molecule has 2 aromatic carbocycles. The fourth-order valence-corrected chi connectivity index (χ4v) is 5.33. The number of hydrogen-bond donors (Lipinski definition) is 2. The molecule has 0 spiro atoms. The van der Waals surface area contributed by atoms with Gasteiger partial charge in [-0.25, -0.2) is 13.6 Å². The van der Waals surface area contributed by atoms with Gasteiger partial charge in [-0.15, -0.1) is 0 Å². The first-order valence-corrected chi connectivity index (χ1v) is 11.8. The van der Waals surface area contributed by atoms with Crippen LogP contribution >= 0.6 is 0 Å². The number of halogens is 2. The third kappa shape index (κ3) is 4.24. The number of nitrogens with zero attached hydrogens (tertiary/aromatic N) is 1. The molecule has 1 saturated carbocycles. The molecule has 2 fully saturated rings. The highest BCUT2D eigenvalue weighted by Crippen LogP contribution is 2.44. The smallest absolute Gasteiger partial charge is 0.407 e. The van der Waals surface area contributed by atoms with E-state index in [1.807, 2.05) is 48.5 Å². The quantitative estimate of drug-likeness (QED) is 0.649. The van der Waals surface area contributed by atoms with Crippen molar-refractivity contribution in [2.45, 2.75) is 37.1 Å². The standard InChI is InChI=1S/C26H26F2N2O5/c27-26(28)14-30(12-21(26)24(32)33)23(31)22(15-6-5-7-15)29-25(34)35-13-20-18-10-3-1-8-16(18)17-9-2-4-11-19(17)20/h1-4,8-11,15,20-22H,5-7,12-14H2,(H,29,34)(H,32,33). The first-order chi connectivity index (χ1) is 16.8. The molecule has 1 heterocycles. The monoisotopic (exact) mass is 484 g/mol. The predicted molar refractivity (Wildman–Crippen MR) is 122 cm³/mol. The van der Waals surface area contributed by atoms with E-state index in [2.05, 4.69) is 5.32 Å². The second-order valence-electron chi connectivity index (χ2n) is 9.51. The molecule has 2 aromatic rings. The molecule has 7 nitrogen and oxygen atoms in total. The Morgan fingerprint density at radius 2 is 1.66 bits per heavy atom. The van der Waals surface area contributed by atoms with Crippen molar-refractivity contribution < 1.29 is 33.0 Å². The highest BCUT2D eigenvalue weighted by Gasteiger charge is 2.54. The van der Waals surface area contributed by atoms with E-state index in [4.69, 9.17) is 9.84 Å². The summed E-state index contributed by atoms with van der Waals surface area (Å²) < 4.78 is 33.8. The molecule has 2 amide bonds. The number of likely N-dealkylation sites (tertiary alicyclic amines) is 1. The Hall–Kier alpha value is -3.49. The van der Waals surface area contributed by atoms with Crippen molar-refractivity contribution in [2.24, 2.45) is 11.8 Å². The van der Waals surface area contributed by atoms with Crippen molar-refractivity contribution in [1.82, 2.24) is 10.2 Å². The third-order valence-corrected chi connectivity index (χ3v) is 7.43. The lowest BCUT2D eigenvalue weighted by molar-refractivity contribution is -0.151. The zero-order chi connectivity index (χ0) is 24.7. The van der Waals surface area contributed by atoms with Crippen molar-refractivity contribution in [1.29, 1.82) is 0 Å². The van der Waals surface area contributed by atoms with Gasteiger partial charge in [-0.1, -0.05) is 55.0 Å². The number of alkyl carbamates (subject to hydrolysis) is 1. The van der Waals surface area contributed by atoms with Gasteiger partial charge in [-0.05, 0) is 41.0 Å². The highest BCUT2D eigenvalue weighted by atomic mass is 19.3. The summed E-state index contributed by atoms with van der Waals surface area (Å²) >= 11 is 0. The molecule has 3 aliphatic rings. The molecule has 1 saturated heterocycles. The van der Waals surface area contributed by atoms with Crippen LogP contribution in [-0.4, -0.2) is 59.6 Å². The molecular formula is C26H26F2N2O5. The summed E-state index contributed by atoms with van der Waals surface area (Å²) in [6.45, 7) is -1.50. The molecule has 2 N–H and O–H groups in total. The van der Waals surface area contributed by atoms with Crippen LogP contribution in [0.5, 0.6) is 0 Å². The van der Waals surface area contributed by atoms with Crippen LogP contribution in [0, 0.1) is 11.8 Å². The second-order valence-corrected chi connectivity index (χ2v) is 9.51. The van der Waals surface area contributed by atoms with E-state index in [0.717, 1.165) is 33.6 Å².